The molecule has 0 aromatic carbocycles. The second kappa shape index (κ2) is 6.08. The van der Waals surface area contributed by atoms with Crippen LogP contribution in [0.1, 0.15) is 39.0 Å². The Balaban J connectivity index is 2.13. The second-order valence-corrected chi connectivity index (χ2v) is 4.26. The van der Waals surface area contributed by atoms with Crippen molar-refractivity contribution < 1.29 is 14.3 Å². The van der Waals surface area contributed by atoms with Crippen LogP contribution in [0.4, 0.5) is 0 Å². The summed E-state index contributed by atoms with van der Waals surface area (Å²) in [4.78, 5) is 10.9. The first-order valence-electron chi connectivity index (χ1n) is 5.59. The number of nitrogens with two attached hydrogens (primary N) is 1. The molecule has 0 spiro atoms. The van der Waals surface area contributed by atoms with Gasteiger partial charge >= 0.3 is 5.97 Å². The fourth-order valence-corrected chi connectivity index (χ4v) is 1.92. The lowest BCUT2D eigenvalue weighted by Gasteiger charge is -2.16. The number of hydrogen-bond acceptors (Lipinski definition) is 4. The molecule has 0 saturated carbocycles. The first-order valence-corrected chi connectivity index (χ1v) is 5.59. The van der Waals surface area contributed by atoms with Crippen molar-refractivity contribution in [1.29, 1.82) is 0 Å². The van der Waals surface area contributed by atoms with Crippen LogP contribution in [0.25, 0.3) is 0 Å². The fraction of sp³-hybridized carbons (Fsp3) is 0.909. The number of esters is 1. The zero-order chi connectivity index (χ0) is 11.3. The molecule has 1 rings (SSSR count). The van der Waals surface area contributed by atoms with E-state index < -0.39 is 0 Å². The summed E-state index contributed by atoms with van der Waals surface area (Å²) < 4.78 is 10.2. The van der Waals surface area contributed by atoms with E-state index in [-0.39, 0.29) is 18.1 Å². The number of carbonyl (C=O) groups excluding carboxylic acids is 1. The van der Waals surface area contributed by atoms with Crippen LogP contribution in [0.15, 0.2) is 0 Å². The molecule has 4 heteroatoms. The monoisotopic (exact) mass is 215 g/mol. The molecule has 3 atom stereocenters. The molecule has 0 amide bonds. The Morgan fingerprint density at radius 3 is 2.87 bits per heavy atom. The van der Waals surface area contributed by atoms with E-state index in [1.807, 2.05) is 0 Å². The Bertz CT molecular complexity index is 208. The predicted molar refractivity (Wildman–Crippen MR) is 57.4 cm³/mol. The molecule has 0 aromatic heterocycles. The maximum absolute atomic E-state index is 10.9. The van der Waals surface area contributed by atoms with Crippen molar-refractivity contribution in [3.05, 3.63) is 0 Å². The van der Waals surface area contributed by atoms with Gasteiger partial charge in [0, 0.05) is 12.5 Å². The summed E-state index contributed by atoms with van der Waals surface area (Å²) in [7, 11) is 1.40. The van der Waals surface area contributed by atoms with Crippen molar-refractivity contribution >= 4 is 5.97 Å². The Kier molecular flexibility index (Phi) is 5.05. The quantitative estimate of drug-likeness (QED) is 0.700. The molecule has 2 N–H and O–H groups in total. The molecule has 1 aliphatic rings. The standard InChI is InChI=1S/C11H21NO3/c1-8-3-5-10(15-8)7-9(12)4-6-11(13)14-2/h8-10H,3-7,12H2,1-2H3. The molecule has 3 unspecified atom stereocenters. The Hall–Kier alpha value is -0.610. The highest BCUT2D eigenvalue weighted by Crippen LogP contribution is 2.23. The van der Waals surface area contributed by atoms with E-state index in [1.54, 1.807) is 0 Å². The molecule has 0 radical (unpaired) electrons. The van der Waals surface area contributed by atoms with Gasteiger partial charge in [0.1, 0.15) is 0 Å². The van der Waals surface area contributed by atoms with E-state index in [0.717, 1.165) is 19.3 Å². The van der Waals surface area contributed by atoms with E-state index in [1.165, 1.54) is 7.11 Å². The summed E-state index contributed by atoms with van der Waals surface area (Å²) in [5, 5.41) is 0. The van der Waals surface area contributed by atoms with Crippen molar-refractivity contribution in [3.63, 3.8) is 0 Å². The van der Waals surface area contributed by atoms with Gasteiger partial charge < -0.3 is 15.2 Å². The van der Waals surface area contributed by atoms with Crippen molar-refractivity contribution in [2.45, 2.75) is 57.3 Å². The van der Waals surface area contributed by atoms with Gasteiger partial charge in [-0.15, -0.1) is 0 Å². The third kappa shape index (κ3) is 4.62. The minimum Gasteiger partial charge on any atom is -0.469 e. The molecule has 0 bridgehead atoms. The second-order valence-electron chi connectivity index (χ2n) is 4.26. The average Bonchev–Trinajstić information content (AvgIpc) is 2.60. The lowest BCUT2D eigenvalue weighted by Crippen LogP contribution is -2.27. The van der Waals surface area contributed by atoms with Crippen LogP contribution in [0, 0.1) is 0 Å². The molecule has 4 nitrogen and oxygen atoms in total. The van der Waals surface area contributed by atoms with Crippen molar-refractivity contribution in [3.8, 4) is 0 Å². The van der Waals surface area contributed by atoms with Crippen LogP contribution in [0.3, 0.4) is 0 Å². The fourth-order valence-electron chi connectivity index (χ4n) is 1.92. The van der Waals surface area contributed by atoms with E-state index in [0.29, 0.717) is 18.9 Å². The molecule has 15 heavy (non-hydrogen) atoms. The van der Waals surface area contributed by atoms with Gasteiger partial charge in [-0.25, -0.2) is 0 Å². The van der Waals surface area contributed by atoms with E-state index in [4.69, 9.17) is 10.5 Å². The third-order valence-electron chi connectivity index (χ3n) is 2.83. The SMILES string of the molecule is COC(=O)CCC(N)CC1CCC(C)O1. The van der Waals surface area contributed by atoms with Gasteiger partial charge in [0.2, 0.25) is 0 Å². The van der Waals surface area contributed by atoms with Crippen molar-refractivity contribution in [1.82, 2.24) is 0 Å². The molecular weight excluding hydrogens is 194 g/mol. The lowest BCUT2D eigenvalue weighted by molar-refractivity contribution is -0.140. The van der Waals surface area contributed by atoms with Crippen LogP contribution < -0.4 is 5.73 Å². The zero-order valence-electron chi connectivity index (χ0n) is 9.57. The van der Waals surface area contributed by atoms with Crippen LogP contribution in [0.2, 0.25) is 0 Å². The molecule has 88 valence electrons. The smallest absolute Gasteiger partial charge is 0.305 e. The summed E-state index contributed by atoms with van der Waals surface area (Å²) >= 11 is 0. The number of ether oxygens (including phenoxy) is 2. The normalized spacial score (nSPS) is 27.7. The van der Waals surface area contributed by atoms with Gasteiger partial charge in [-0.2, -0.15) is 0 Å². The lowest BCUT2D eigenvalue weighted by atomic mass is 10.0. The van der Waals surface area contributed by atoms with Crippen molar-refractivity contribution in [2.24, 2.45) is 5.73 Å². The maximum Gasteiger partial charge on any atom is 0.305 e. The van der Waals surface area contributed by atoms with Gasteiger partial charge in [0.25, 0.3) is 0 Å². The van der Waals surface area contributed by atoms with Gasteiger partial charge in [-0.3, -0.25) is 4.79 Å². The van der Waals surface area contributed by atoms with Crippen molar-refractivity contribution in [2.75, 3.05) is 7.11 Å². The van der Waals surface area contributed by atoms with Gasteiger partial charge in [0.05, 0.1) is 19.3 Å². The van der Waals surface area contributed by atoms with E-state index in [2.05, 4.69) is 11.7 Å². The molecule has 1 aliphatic heterocycles. The topological polar surface area (TPSA) is 61.5 Å². The predicted octanol–water partition coefficient (Wildman–Crippen LogP) is 1.22. The molecule has 1 heterocycles. The highest BCUT2D eigenvalue weighted by atomic mass is 16.5. The number of methoxy groups -OCH3 is 1. The number of rotatable bonds is 5. The number of carbonyl (C=O) groups is 1. The zero-order valence-corrected chi connectivity index (χ0v) is 9.57. The summed E-state index contributed by atoms with van der Waals surface area (Å²) in [6.07, 6.45) is 4.79. The first-order chi connectivity index (χ1) is 7.11. The molecule has 0 aromatic rings. The average molecular weight is 215 g/mol. The Morgan fingerprint density at radius 2 is 2.33 bits per heavy atom. The van der Waals surface area contributed by atoms with Gasteiger partial charge in [-0.1, -0.05) is 0 Å². The molecular formula is C11H21NO3. The first kappa shape index (κ1) is 12.5. The van der Waals surface area contributed by atoms with Gasteiger partial charge in [-0.05, 0) is 32.6 Å². The van der Waals surface area contributed by atoms with E-state index in [9.17, 15) is 4.79 Å². The summed E-state index contributed by atoms with van der Waals surface area (Å²) in [5.74, 6) is -0.189. The largest absolute Gasteiger partial charge is 0.469 e. The Labute approximate surface area is 91.1 Å². The van der Waals surface area contributed by atoms with Crippen LogP contribution in [0.5, 0.6) is 0 Å². The summed E-state index contributed by atoms with van der Waals surface area (Å²) in [6, 6.07) is 0.0411. The van der Waals surface area contributed by atoms with E-state index >= 15 is 0 Å². The van der Waals surface area contributed by atoms with Crippen LogP contribution in [-0.4, -0.2) is 31.3 Å². The van der Waals surface area contributed by atoms with Crippen LogP contribution >= 0.6 is 0 Å². The molecule has 1 fully saturated rings. The highest BCUT2D eigenvalue weighted by molar-refractivity contribution is 5.69. The number of hydrogen-bond donors (Lipinski definition) is 1. The highest BCUT2D eigenvalue weighted by Gasteiger charge is 2.23. The minimum absolute atomic E-state index is 0.0411. The Morgan fingerprint density at radius 1 is 1.60 bits per heavy atom. The van der Waals surface area contributed by atoms with Gasteiger partial charge in [0.15, 0.2) is 0 Å². The third-order valence-corrected chi connectivity index (χ3v) is 2.83. The maximum atomic E-state index is 10.9. The summed E-state index contributed by atoms with van der Waals surface area (Å²) in [5.41, 5.74) is 5.91. The minimum atomic E-state index is -0.189. The van der Waals surface area contributed by atoms with Crippen LogP contribution in [-0.2, 0) is 14.3 Å². The summed E-state index contributed by atoms with van der Waals surface area (Å²) in [6.45, 7) is 2.08. The molecule has 1 saturated heterocycles. The molecule has 0 aliphatic carbocycles.